The summed E-state index contributed by atoms with van der Waals surface area (Å²) in [5.74, 6) is 1.00. The number of anilines is 2. The van der Waals surface area contributed by atoms with E-state index in [4.69, 9.17) is 33.9 Å². The number of nitrogens with one attached hydrogen (secondary N) is 1. The second-order valence-electron chi connectivity index (χ2n) is 7.55. The molecule has 1 aliphatic heterocycles. The van der Waals surface area contributed by atoms with E-state index < -0.39 is 0 Å². The van der Waals surface area contributed by atoms with Gasteiger partial charge in [0.25, 0.3) is 0 Å². The number of nitrogens with zero attached hydrogens (tertiary/aromatic N) is 3. The molecule has 4 rings (SSSR count). The lowest BCUT2D eigenvalue weighted by molar-refractivity contribution is -0.130. The van der Waals surface area contributed by atoms with Crippen LogP contribution >= 0.6 is 23.2 Å². The number of halogens is 2. The Morgan fingerprint density at radius 1 is 1.03 bits per heavy atom. The van der Waals surface area contributed by atoms with Crippen LogP contribution in [0.4, 0.5) is 11.5 Å². The second kappa shape index (κ2) is 9.73. The van der Waals surface area contributed by atoms with Crippen molar-refractivity contribution in [3.63, 3.8) is 0 Å². The van der Waals surface area contributed by atoms with E-state index in [0.717, 1.165) is 41.1 Å². The van der Waals surface area contributed by atoms with E-state index >= 15 is 0 Å². The van der Waals surface area contributed by atoms with Crippen molar-refractivity contribution in [1.29, 1.82) is 0 Å². The van der Waals surface area contributed by atoms with Crippen LogP contribution in [0.25, 0.3) is 10.9 Å². The van der Waals surface area contributed by atoms with Crippen molar-refractivity contribution in [3.05, 3.63) is 64.1 Å². The molecule has 1 aliphatic rings. The van der Waals surface area contributed by atoms with Crippen LogP contribution in [-0.4, -0.2) is 55.1 Å². The monoisotopic (exact) mass is 457 g/mol. The lowest BCUT2D eigenvalue weighted by atomic mass is 10.1. The Hall–Kier alpha value is -2.54. The zero-order valence-corrected chi connectivity index (χ0v) is 18.7. The number of hydrogen-bond acceptors (Lipinski definition) is 5. The van der Waals surface area contributed by atoms with Gasteiger partial charge in [-0.25, -0.2) is 4.98 Å². The van der Waals surface area contributed by atoms with Crippen LogP contribution in [0.3, 0.4) is 0 Å². The molecule has 2 aromatic carbocycles. The van der Waals surface area contributed by atoms with Crippen molar-refractivity contribution in [3.8, 4) is 0 Å². The molecule has 162 valence electrons. The molecule has 1 aromatic heterocycles. The number of amides is 1. The number of benzene rings is 2. The van der Waals surface area contributed by atoms with Crippen molar-refractivity contribution < 1.29 is 4.79 Å². The summed E-state index contributed by atoms with van der Waals surface area (Å²) in [6.45, 7) is 4.03. The highest BCUT2D eigenvalue weighted by Gasteiger charge is 2.23. The lowest BCUT2D eigenvalue weighted by Crippen LogP contribution is -2.49. The highest BCUT2D eigenvalue weighted by molar-refractivity contribution is 6.42. The van der Waals surface area contributed by atoms with Crippen molar-refractivity contribution in [1.82, 2.24) is 9.88 Å². The quantitative estimate of drug-likeness (QED) is 0.588. The maximum atomic E-state index is 12.7. The number of fused-ring (bicyclic) bond motifs is 1. The van der Waals surface area contributed by atoms with Gasteiger partial charge in [0.15, 0.2) is 0 Å². The van der Waals surface area contributed by atoms with Gasteiger partial charge >= 0.3 is 0 Å². The lowest BCUT2D eigenvalue weighted by Gasteiger charge is -2.35. The van der Waals surface area contributed by atoms with E-state index in [1.165, 1.54) is 0 Å². The summed E-state index contributed by atoms with van der Waals surface area (Å²) >= 11 is 12.0. The smallest absolute Gasteiger partial charge is 0.227 e. The molecular weight excluding hydrogens is 433 g/mol. The third-order valence-electron chi connectivity index (χ3n) is 5.46. The third kappa shape index (κ3) is 5.03. The molecule has 1 saturated heterocycles. The van der Waals surface area contributed by atoms with Crippen LogP contribution in [0.15, 0.2) is 48.5 Å². The fourth-order valence-electron chi connectivity index (χ4n) is 3.80. The van der Waals surface area contributed by atoms with Crippen molar-refractivity contribution in [2.45, 2.75) is 6.42 Å². The van der Waals surface area contributed by atoms with Gasteiger partial charge in [0.2, 0.25) is 5.91 Å². The predicted molar refractivity (Wildman–Crippen MR) is 128 cm³/mol. The first-order valence-electron chi connectivity index (χ1n) is 10.4. The van der Waals surface area contributed by atoms with Crippen LogP contribution in [0.2, 0.25) is 10.0 Å². The third-order valence-corrected chi connectivity index (χ3v) is 6.20. The van der Waals surface area contributed by atoms with Crippen LogP contribution in [0.5, 0.6) is 0 Å². The summed E-state index contributed by atoms with van der Waals surface area (Å²) in [7, 11) is 0. The normalized spacial score (nSPS) is 14.2. The molecule has 1 fully saturated rings. The minimum absolute atomic E-state index is 0.0924. The molecule has 0 aliphatic carbocycles. The maximum Gasteiger partial charge on any atom is 0.227 e. The number of pyridine rings is 1. The van der Waals surface area contributed by atoms with Gasteiger partial charge in [-0.2, -0.15) is 0 Å². The number of nitrogens with two attached hydrogens (primary N) is 1. The molecule has 0 bridgehead atoms. The van der Waals surface area contributed by atoms with E-state index in [2.05, 4.69) is 22.3 Å². The van der Waals surface area contributed by atoms with E-state index in [9.17, 15) is 4.79 Å². The highest BCUT2D eigenvalue weighted by atomic mass is 35.5. The van der Waals surface area contributed by atoms with Crippen LogP contribution in [-0.2, 0) is 11.2 Å². The molecule has 0 saturated carbocycles. The average Bonchev–Trinajstić information content (AvgIpc) is 2.79. The predicted octanol–water partition coefficient (Wildman–Crippen LogP) is 3.80. The van der Waals surface area contributed by atoms with Gasteiger partial charge in [0.05, 0.1) is 22.0 Å². The summed E-state index contributed by atoms with van der Waals surface area (Å²) in [4.78, 5) is 21.7. The van der Waals surface area contributed by atoms with Crippen LogP contribution < -0.4 is 16.0 Å². The number of aromatic nitrogens is 1. The average molecular weight is 458 g/mol. The summed E-state index contributed by atoms with van der Waals surface area (Å²) in [6, 6.07) is 15.5. The van der Waals surface area contributed by atoms with E-state index in [0.29, 0.717) is 42.6 Å². The maximum absolute atomic E-state index is 12.7. The van der Waals surface area contributed by atoms with Gasteiger partial charge in [-0.1, -0.05) is 47.5 Å². The van der Waals surface area contributed by atoms with Gasteiger partial charge in [-0.3, -0.25) is 4.79 Å². The van der Waals surface area contributed by atoms with Gasteiger partial charge in [0, 0.05) is 56.4 Å². The van der Waals surface area contributed by atoms with E-state index in [1.54, 1.807) is 12.1 Å². The number of hydrogen-bond donors (Lipinski definition) is 2. The van der Waals surface area contributed by atoms with Crippen LogP contribution in [0, 0.1) is 0 Å². The molecule has 1 amide bonds. The Morgan fingerprint density at radius 3 is 2.55 bits per heavy atom. The number of para-hydroxylation sites is 1. The number of carbonyl (C=O) groups excluding carboxylic acids is 1. The Bertz CT molecular complexity index is 1080. The number of rotatable bonds is 6. The summed E-state index contributed by atoms with van der Waals surface area (Å²) in [5, 5.41) is 5.45. The van der Waals surface area contributed by atoms with Gasteiger partial charge in [0.1, 0.15) is 5.82 Å². The zero-order chi connectivity index (χ0) is 21.8. The summed E-state index contributed by atoms with van der Waals surface area (Å²) in [5.41, 5.74) is 8.52. The fourth-order valence-corrected chi connectivity index (χ4v) is 4.12. The molecule has 0 unspecified atom stereocenters. The van der Waals surface area contributed by atoms with E-state index in [1.807, 2.05) is 29.2 Å². The first kappa shape index (κ1) is 21.7. The zero-order valence-electron chi connectivity index (χ0n) is 17.2. The Labute approximate surface area is 191 Å². The minimum Gasteiger partial charge on any atom is -0.383 e. The summed E-state index contributed by atoms with van der Waals surface area (Å²) < 4.78 is 0. The molecule has 2 heterocycles. The summed E-state index contributed by atoms with van der Waals surface area (Å²) in [6.07, 6.45) is 0.318. The van der Waals surface area contributed by atoms with Gasteiger partial charge in [-0.05, 0) is 23.8 Å². The Balaban J connectivity index is 1.44. The molecular formula is C23H25Cl2N5O. The van der Waals surface area contributed by atoms with Crippen LogP contribution in [0.1, 0.15) is 5.56 Å². The number of carbonyl (C=O) groups is 1. The Kier molecular flexibility index (Phi) is 6.80. The molecule has 3 aromatic rings. The molecule has 6 nitrogen and oxygen atoms in total. The number of piperazine rings is 1. The first-order chi connectivity index (χ1) is 15.0. The van der Waals surface area contributed by atoms with Crippen molar-refractivity contribution in [2.75, 3.05) is 49.5 Å². The first-order valence-corrected chi connectivity index (χ1v) is 11.1. The minimum atomic E-state index is 0.0924. The SMILES string of the molecule is NCCNc1cc(N2CCN(C(=O)Cc3ccc(Cl)c(Cl)c3)CC2)nc2ccccc12. The molecule has 3 N–H and O–H groups in total. The second-order valence-corrected chi connectivity index (χ2v) is 8.37. The molecule has 0 spiro atoms. The highest BCUT2D eigenvalue weighted by Crippen LogP contribution is 2.28. The standard InChI is InChI=1S/C23H25Cl2N5O/c24-18-6-5-16(13-19(18)25)14-23(31)30-11-9-29(10-12-30)22-15-21(27-8-7-26)17-3-1-2-4-20(17)28-22/h1-6,13,15H,7-12,14,26H2,(H,27,28). The van der Waals surface area contributed by atoms with E-state index in [-0.39, 0.29) is 5.91 Å². The largest absolute Gasteiger partial charge is 0.383 e. The van der Waals surface area contributed by atoms with Gasteiger partial charge < -0.3 is 20.9 Å². The van der Waals surface area contributed by atoms with Gasteiger partial charge in [-0.15, -0.1) is 0 Å². The Morgan fingerprint density at radius 2 is 1.81 bits per heavy atom. The molecule has 0 atom stereocenters. The van der Waals surface area contributed by atoms with Crippen molar-refractivity contribution in [2.24, 2.45) is 5.73 Å². The molecule has 0 radical (unpaired) electrons. The molecule has 31 heavy (non-hydrogen) atoms. The topological polar surface area (TPSA) is 74.5 Å². The fraction of sp³-hybridized carbons (Fsp3) is 0.304. The van der Waals surface area contributed by atoms with Crippen molar-refractivity contribution >= 4 is 51.5 Å². The molecule has 8 heteroatoms.